The molecule has 25 heavy (non-hydrogen) atoms. The summed E-state index contributed by atoms with van der Waals surface area (Å²) in [7, 11) is 1.51. The van der Waals surface area contributed by atoms with Gasteiger partial charge in [-0.05, 0) is 29.7 Å². The Morgan fingerprint density at radius 3 is 2.72 bits per heavy atom. The molecular weight excluding hydrogens is 320 g/mol. The summed E-state index contributed by atoms with van der Waals surface area (Å²) in [5.74, 6) is 1.15. The summed E-state index contributed by atoms with van der Waals surface area (Å²) in [6.07, 6.45) is 1.36. The lowest BCUT2D eigenvalue weighted by Crippen LogP contribution is -2.24. The minimum Gasteiger partial charge on any atom is -0.507 e. The standard InChI is InChI=1S/C19H22N2O4/c1-13(2)16-6-4-5-7-18(16)25-12-19(23)21-20-11-14-8-9-15(24-3)10-17(14)22/h4-11,13,22H,12H2,1-3H3,(H,21,23). The van der Waals surface area contributed by atoms with Crippen LogP contribution in [0.25, 0.3) is 0 Å². The second kappa shape index (κ2) is 8.73. The lowest BCUT2D eigenvalue weighted by atomic mass is 10.0. The summed E-state index contributed by atoms with van der Waals surface area (Å²) in [4.78, 5) is 11.8. The van der Waals surface area contributed by atoms with Crippen molar-refractivity contribution in [3.8, 4) is 17.2 Å². The van der Waals surface area contributed by atoms with Crippen molar-refractivity contribution in [3.05, 3.63) is 53.6 Å². The molecule has 0 bridgehead atoms. The summed E-state index contributed by atoms with van der Waals surface area (Å²) >= 11 is 0. The van der Waals surface area contributed by atoms with E-state index in [4.69, 9.17) is 9.47 Å². The van der Waals surface area contributed by atoms with Gasteiger partial charge in [-0.1, -0.05) is 32.0 Å². The van der Waals surface area contributed by atoms with Crippen molar-refractivity contribution in [2.24, 2.45) is 5.10 Å². The van der Waals surface area contributed by atoms with Gasteiger partial charge in [0.25, 0.3) is 5.91 Å². The molecule has 0 spiro atoms. The molecule has 2 aromatic rings. The molecule has 0 unspecified atom stereocenters. The van der Waals surface area contributed by atoms with E-state index in [-0.39, 0.29) is 18.3 Å². The monoisotopic (exact) mass is 342 g/mol. The van der Waals surface area contributed by atoms with Crippen LogP contribution in [0.15, 0.2) is 47.6 Å². The number of amides is 1. The molecule has 0 heterocycles. The third-order valence-electron chi connectivity index (χ3n) is 3.53. The van der Waals surface area contributed by atoms with Gasteiger partial charge in [0, 0.05) is 11.6 Å². The highest BCUT2D eigenvalue weighted by Crippen LogP contribution is 2.25. The van der Waals surface area contributed by atoms with Crippen LogP contribution in [0.2, 0.25) is 0 Å². The van der Waals surface area contributed by atoms with Crippen molar-refractivity contribution in [3.63, 3.8) is 0 Å². The zero-order valence-corrected chi connectivity index (χ0v) is 14.5. The highest BCUT2D eigenvalue weighted by molar-refractivity contribution is 5.85. The molecular formula is C19H22N2O4. The van der Waals surface area contributed by atoms with Crippen LogP contribution >= 0.6 is 0 Å². The van der Waals surface area contributed by atoms with Crippen LogP contribution in [0.3, 0.4) is 0 Å². The molecule has 2 aromatic carbocycles. The smallest absolute Gasteiger partial charge is 0.277 e. The number of hydrogen-bond acceptors (Lipinski definition) is 5. The SMILES string of the molecule is COc1ccc(C=NNC(=O)COc2ccccc2C(C)C)c(O)c1. The fraction of sp³-hybridized carbons (Fsp3) is 0.263. The fourth-order valence-electron chi connectivity index (χ4n) is 2.20. The number of methoxy groups -OCH3 is 1. The average molecular weight is 342 g/mol. The van der Waals surface area contributed by atoms with E-state index in [2.05, 4.69) is 24.4 Å². The van der Waals surface area contributed by atoms with Gasteiger partial charge in [-0.2, -0.15) is 5.10 Å². The Morgan fingerprint density at radius 2 is 2.04 bits per heavy atom. The highest BCUT2D eigenvalue weighted by Gasteiger charge is 2.08. The quantitative estimate of drug-likeness (QED) is 0.599. The first-order valence-electron chi connectivity index (χ1n) is 7.92. The van der Waals surface area contributed by atoms with E-state index in [9.17, 15) is 9.90 Å². The van der Waals surface area contributed by atoms with Crippen molar-refractivity contribution in [1.29, 1.82) is 0 Å². The number of hydrogen-bond donors (Lipinski definition) is 2. The van der Waals surface area contributed by atoms with Gasteiger partial charge in [0.1, 0.15) is 17.2 Å². The number of carbonyl (C=O) groups excluding carboxylic acids is 1. The van der Waals surface area contributed by atoms with Gasteiger partial charge in [0.05, 0.1) is 13.3 Å². The molecule has 0 saturated heterocycles. The van der Waals surface area contributed by atoms with E-state index >= 15 is 0 Å². The van der Waals surface area contributed by atoms with Crippen LogP contribution in [0.1, 0.15) is 30.9 Å². The lowest BCUT2D eigenvalue weighted by molar-refractivity contribution is -0.123. The predicted octanol–water partition coefficient (Wildman–Crippen LogP) is 3.05. The van der Waals surface area contributed by atoms with Crippen molar-refractivity contribution in [1.82, 2.24) is 5.43 Å². The van der Waals surface area contributed by atoms with Gasteiger partial charge in [-0.15, -0.1) is 0 Å². The molecule has 6 heteroatoms. The Morgan fingerprint density at radius 1 is 1.28 bits per heavy atom. The van der Waals surface area contributed by atoms with Crippen molar-refractivity contribution < 1.29 is 19.4 Å². The van der Waals surface area contributed by atoms with Crippen LogP contribution in [0.5, 0.6) is 17.2 Å². The van der Waals surface area contributed by atoms with E-state index in [0.717, 1.165) is 5.56 Å². The first-order valence-corrected chi connectivity index (χ1v) is 7.92. The normalized spacial score (nSPS) is 10.9. The average Bonchev–Trinajstić information content (AvgIpc) is 2.61. The molecule has 0 fully saturated rings. The molecule has 0 aromatic heterocycles. The number of para-hydroxylation sites is 1. The molecule has 0 radical (unpaired) electrons. The van der Waals surface area contributed by atoms with Crippen LogP contribution in [-0.2, 0) is 4.79 Å². The van der Waals surface area contributed by atoms with Crippen LogP contribution in [0.4, 0.5) is 0 Å². The van der Waals surface area contributed by atoms with E-state index in [0.29, 0.717) is 23.0 Å². The zero-order valence-electron chi connectivity index (χ0n) is 14.5. The fourth-order valence-corrected chi connectivity index (χ4v) is 2.20. The zero-order chi connectivity index (χ0) is 18.2. The lowest BCUT2D eigenvalue weighted by Gasteiger charge is -2.13. The van der Waals surface area contributed by atoms with E-state index < -0.39 is 0 Å². The second-order valence-corrected chi connectivity index (χ2v) is 5.70. The summed E-state index contributed by atoms with van der Waals surface area (Å²) in [5, 5.41) is 13.6. The maximum Gasteiger partial charge on any atom is 0.277 e. The number of aromatic hydroxyl groups is 1. The molecule has 6 nitrogen and oxygen atoms in total. The maximum absolute atomic E-state index is 11.8. The minimum atomic E-state index is -0.386. The topological polar surface area (TPSA) is 80.2 Å². The number of hydrazone groups is 1. The summed E-state index contributed by atoms with van der Waals surface area (Å²) in [5.41, 5.74) is 3.88. The first kappa shape index (κ1) is 18.3. The second-order valence-electron chi connectivity index (χ2n) is 5.70. The number of nitrogens with one attached hydrogen (secondary N) is 1. The van der Waals surface area contributed by atoms with Gasteiger partial charge in [-0.25, -0.2) is 5.43 Å². The van der Waals surface area contributed by atoms with Gasteiger partial charge in [-0.3, -0.25) is 4.79 Å². The van der Waals surface area contributed by atoms with Gasteiger partial charge < -0.3 is 14.6 Å². The van der Waals surface area contributed by atoms with E-state index in [1.807, 2.05) is 24.3 Å². The molecule has 2 N–H and O–H groups in total. The number of rotatable bonds is 7. The Hall–Kier alpha value is -3.02. The summed E-state index contributed by atoms with van der Waals surface area (Å²) in [6.45, 7) is 3.98. The van der Waals surface area contributed by atoms with Crippen LogP contribution in [0, 0.1) is 0 Å². The maximum atomic E-state index is 11.8. The van der Waals surface area contributed by atoms with Crippen molar-refractivity contribution >= 4 is 12.1 Å². The number of ether oxygens (including phenoxy) is 2. The number of nitrogens with zero attached hydrogens (tertiary/aromatic N) is 1. The molecule has 0 aliphatic heterocycles. The minimum absolute atomic E-state index is 0.0134. The Labute approximate surface area is 147 Å². The van der Waals surface area contributed by atoms with Crippen molar-refractivity contribution in [2.45, 2.75) is 19.8 Å². The van der Waals surface area contributed by atoms with E-state index in [1.165, 1.54) is 19.4 Å². The largest absolute Gasteiger partial charge is 0.507 e. The Kier molecular flexibility index (Phi) is 6.39. The number of phenolic OH excluding ortho intramolecular Hbond substituents is 1. The predicted molar refractivity (Wildman–Crippen MR) is 96.4 cm³/mol. The number of benzene rings is 2. The Bertz CT molecular complexity index is 757. The molecule has 0 aliphatic carbocycles. The molecule has 2 rings (SSSR count). The number of phenols is 1. The third-order valence-corrected chi connectivity index (χ3v) is 3.53. The van der Waals surface area contributed by atoms with Gasteiger partial charge >= 0.3 is 0 Å². The van der Waals surface area contributed by atoms with Crippen LogP contribution < -0.4 is 14.9 Å². The molecule has 1 amide bonds. The van der Waals surface area contributed by atoms with Crippen LogP contribution in [-0.4, -0.2) is 30.9 Å². The summed E-state index contributed by atoms with van der Waals surface area (Å²) < 4.78 is 10.6. The molecule has 132 valence electrons. The highest BCUT2D eigenvalue weighted by atomic mass is 16.5. The van der Waals surface area contributed by atoms with Gasteiger partial charge in [0.15, 0.2) is 6.61 Å². The summed E-state index contributed by atoms with van der Waals surface area (Å²) in [6, 6.07) is 12.4. The van der Waals surface area contributed by atoms with Crippen molar-refractivity contribution in [2.75, 3.05) is 13.7 Å². The third kappa shape index (κ3) is 5.24. The number of carbonyl (C=O) groups is 1. The van der Waals surface area contributed by atoms with Gasteiger partial charge in [0.2, 0.25) is 0 Å². The molecule has 0 saturated carbocycles. The molecule has 0 atom stereocenters. The Balaban J connectivity index is 1.89. The first-order chi connectivity index (χ1) is 12.0. The van der Waals surface area contributed by atoms with E-state index in [1.54, 1.807) is 12.1 Å². The molecule has 0 aliphatic rings.